The Balaban J connectivity index is 1.64. The normalized spacial score (nSPS) is 18.0. The highest BCUT2D eigenvalue weighted by Gasteiger charge is 2.31. The molecule has 0 atom stereocenters. The first-order valence-electron chi connectivity index (χ1n) is 7.89. The number of thiazole rings is 1. The number of anilines is 1. The van der Waals surface area contributed by atoms with Crippen molar-refractivity contribution in [3.8, 4) is 0 Å². The highest BCUT2D eigenvalue weighted by molar-refractivity contribution is 7.15. The zero-order valence-corrected chi connectivity index (χ0v) is 14.3. The molecule has 1 N–H and O–H groups in total. The fourth-order valence-corrected chi connectivity index (χ4v) is 3.61. The third kappa shape index (κ3) is 3.66. The van der Waals surface area contributed by atoms with Crippen LogP contribution >= 0.6 is 11.3 Å². The minimum atomic E-state index is 0.00839. The van der Waals surface area contributed by atoms with Gasteiger partial charge in [0.25, 0.3) is 0 Å². The molecular formula is C16H23N3O2S. The van der Waals surface area contributed by atoms with Crippen LogP contribution in [0.5, 0.6) is 0 Å². The van der Waals surface area contributed by atoms with E-state index in [0.29, 0.717) is 18.1 Å². The number of rotatable bonds is 3. The Morgan fingerprint density at radius 3 is 2.73 bits per heavy atom. The van der Waals surface area contributed by atoms with Gasteiger partial charge in [-0.3, -0.25) is 9.59 Å². The van der Waals surface area contributed by atoms with E-state index in [-0.39, 0.29) is 23.1 Å². The van der Waals surface area contributed by atoms with Crippen molar-refractivity contribution >= 4 is 28.3 Å². The van der Waals surface area contributed by atoms with Crippen molar-refractivity contribution in [3.63, 3.8) is 0 Å². The van der Waals surface area contributed by atoms with Crippen molar-refractivity contribution in [2.45, 2.75) is 53.0 Å². The summed E-state index contributed by atoms with van der Waals surface area (Å²) in [6, 6.07) is 0. The Hall–Kier alpha value is -1.43. The number of nitrogens with zero attached hydrogens (tertiary/aromatic N) is 2. The van der Waals surface area contributed by atoms with Gasteiger partial charge in [0.05, 0.1) is 12.2 Å². The molecule has 1 aliphatic heterocycles. The van der Waals surface area contributed by atoms with E-state index in [0.717, 1.165) is 36.4 Å². The van der Waals surface area contributed by atoms with Crippen LogP contribution in [0.25, 0.3) is 0 Å². The van der Waals surface area contributed by atoms with Crippen molar-refractivity contribution in [2.24, 2.45) is 11.3 Å². The predicted molar refractivity (Wildman–Crippen MR) is 86.7 cm³/mol. The Labute approximate surface area is 135 Å². The van der Waals surface area contributed by atoms with Gasteiger partial charge in [0.15, 0.2) is 5.13 Å². The van der Waals surface area contributed by atoms with Gasteiger partial charge in [-0.25, -0.2) is 4.98 Å². The molecule has 0 aromatic carbocycles. The maximum Gasteiger partial charge on any atom is 0.229 e. The van der Waals surface area contributed by atoms with Crippen molar-refractivity contribution in [1.82, 2.24) is 9.88 Å². The van der Waals surface area contributed by atoms with E-state index in [1.165, 1.54) is 11.3 Å². The fourth-order valence-electron chi connectivity index (χ4n) is 2.58. The zero-order chi connectivity index (χ0) is 15.9. The van der Waals surface area contributed by atoms with Gasteiger partial charge in [-0.15, -0.1) is 0 Å². The number of carbonyl (C=O) groups excluding carboxylic acids is 2. The summed E-state index contributed by atoms with van der Waals surface area (Å²) >= 11 is 1.51. The number of hydrogen-bond acceptors (Lipinski definition) is 4. The molecular weight excluding hydrogens is 298 g/mol. The monoisotopic (exact) mass is 321 g/mol. The van der Waals surface area contributed by atoms with E-state index in [1.54, 1.807) is 0 Å². The average molecular weight is 321 g/mol. The van der Waals surface area contributed by atoms with Crippen LogP contribution < -0.4 is 5.32 Å². The number of nitrogens with one attached hydrogen (secondary N) is 1. The lowest BCUT2D eigenvalue weighted by Crippen LogP contribution is -2.37. The molecule has 6 heteroatoms. The zero-order valence-electron chi connectivity index (χ0n) is 13.4. The first-order chi connectivity index (χ1) is 10.3. The van der Waals surface area contributed by atoms with E-state index >= 15 is 0 Å². The predicted octanol–water partition coefficient (Wildman–Crippen LogP) is 2.81. The molecule has 3 rings (SSSR count). The number of fused-ring (bicyclic) bond motifs is 1. The minimum Gasteiger partial charge on any atom is -0.337 e. The molecule has 0 unspecified atom stereocenters. The summed E-state index contributed by atoms with van der Waals surface area (Å²) in [6.07, 6.45) is 3.32. The van der Waals surface area contributed by atoms with Gasteiger partial charge in [-0.05, 0) is 18.3 Å². The molecule has 0 bridgehead atoms. The molecule has 2 heterocycles. The van der Waals surface area contributed by atoms with E-state index in [2.05, 4.69) is 31.1 Å². The molecule has 0 saturated heterocycles. The van der Waals surface area contributed by atoms with E-state index in [9.17, 15) is 9.59 Å². The van der Waals surface area contributed by atoms with Crippen LogP contribution in [0.1, 0.15) is 50.6 Å². The lowest BCUT2D eigenvalue weighted by Gasteiger charge is -2.29. The van der Waals surface area contributed by atoms with Gasteiger partial charge in [-0.2, -0.15) is 0 Å². The van der Waals surface area contributed by atoms with Crippen LogP contribution in [0, 0.1) is 11.3 Å². The second kappa shape index (κ2) is 5.65. The average Bonchev–Trinajstić information content (AvgIpc) is 3.17. The topological polar surface area (TPSA) is 62.3 Å². The van der Waals surface area contributed by atoms with Crippen LogP contribution in [-0.4, -0.2) is 28.2 Å². The Morgan fingerprint density at radius 1 is 1.36 bits per heavy atom. The fraction of sp³-hybridized carbons (Fsp3) is 0.688. The smallest absolute Gasteiger partial charge is 0.229 e. The molecule has 1 saturated carbocycles. The Kier molecular flexibility index (Phi) is 3.97. The van der Waals surface area contributed by atoms with Gasteiger partial charge in [0.2, 0.25) is 11.8 Å². The lowest BCUT2D eigenvalue weighted by atomic mass is 9.91. The van der Waals surface area contributed by atoms with Gasteiger partial charge in [0, 0.05) is 30.2 Å². The standard InChI is InChI=1S/C16H23N3O2S/c1-16(2,3)8-13(20)19-7-6-11-12(9-19)22-15(17-11)18-14(21)10-4-5-10/h10H,4-9H2,1-3H3,(H,17,18,21). The van der Waals surface area contributed by atoms with E-state index in [4.69, 9.17) is 0 Å². The van der Waals surface area contributed by atoms with Gasteiger partial charge in [0.1, 0.15) is 0 Å². The van der Waals surface area contributed by atoms with Crippen LogP contribution in [0.2, 0.25) is 0 Å². The van der Waals surface area contributed by atoms with Crippen molar-refractivity contribution < 1.29 is 9.59 Å². The molecule has 1 aromatic heterocycles. The van der Waals surface area contributed by atoms with Crippen LogP contribution in [-0.2, 0) is 22.6 Å². The van der Waals surface area contributed by atoms with Crippen LogP contribution in [0.4, 0.5) is 5.13 Å². The highest BCUT2D eigenvalue weighted by Crippen LogP contribution is 2.33. The summed E-state index contributed by atoms with van der Waals surface area (Å²) in [7, 11) is 0. The molecule has 2 aliphatic rings. The first-order valence-corrected chi connectivity index (χ1v) is 8.71. The Bertz CT molecular complexity index is 599. The molecule has 1 fully saturated rings. The molecule has 120 valence electrons. The van der Waals surface area contributed by atoms with Crippen molar-refractivity contribution in [1.29, 1.82) is 0 Å². The number of hydrogen-bond donors (Lipinski definition) is 1. The van der Waals surface area contributed by atoms with E-state index < -0.39 is 0 Å². The van der Waals surface area contributed by atoms with Crippen LogP contribution in [0.15, 0.2) is 0 Å². The van der Waals surface area contributed by atoms with Gasteiger partial charge in [-0.1, -0.05) is 32.1 Å². The second-order valence-corrected chi connectivity index (χ2v) is 8.54. The summed E-state index contributed by atoms with van der Waals surface area (Å²) in [5.74, 6) is 0.479. The summed E-state index contributed by atoms with van der Waals surface area (Å²) in [4.78, 5) is 31.7. The molecule has 22 heavy (non-hydrogen) atoms. The molecule has 1 aliphatic carbocycles. The number of amides is 2. The molecule has 0 radical (unpaired) electrons. The van der Waals surface area contributed by atoms with E-state index in [1.807, 2.05) is 4.90 Å². The molecule has 0 spiro atoms. The summed E-state index contributed by atoms with van der Waals surface area (Å²) < 4.78 is 0. The third-order valence-electron chi connectivity index (χ3n) is 3.94. The lowest BCUT2D eigenvalue weighted by molar-refractivity contribution is -0.134. The SMILES string of the molecule is CC(C)(C)CC(=O)N1CCc2nc(NC(=O)C3CC3)sc2C1. The van der Waals surface area contributed by atoms with Gasteiger partial charge < -0.3 is 10.2 Å². The minimum absolute atomic E-state index is 0.00839. The maximum atomic E-state index is 12.3. The quantitative estimate of drug-likeness (QED) is 0.931. The van der Waals surface area contributed by atoms with Gasteiger partial charge >= 0.3 is 0 Å². The maximum absolute atomic E-state index is 12.3. The molecule has 1 aromatic rings. The summed E-state index contributed by atoms with van der Waals surface area (Å²) in [5.41, 5.74) is 1.05. The largest absolute Gasteiger partial charge is 0.337 e. The number of aromatic nitrogens is 1. The summed E-state index contributed by atoms with van der Waals surface area (Å²) in [5, 5.41) is 3.60. The molecule has 2 amide bonds. The van der Waals surface area contributed by atoms with Crippen molar-refractivity contribution in [3.05, 3.63) is 10.6 Å². The van der Waals surface area contributed by atoms with Crippen molar-refractivity contribution in [2.75, 3.05) is 11.9 Å². The second-order valence-electron chi connectivity index (χ2n) is 7.46. The summed E-state index contributed by atoms with van der Waals surface area (Å²) in [6.45, 7) is 7.60. The third-order valence-corrected chi connectivity index (χ3v) is 4.94. The van der Waals surface area contributed by atoms with Crippen LogP contribution in [0.3, 0.4) is 0 Å². The Morgan fingerprint density at radius 2 is 2.09 bits per heavy atom. The number of carbonyl (C=O) groups is 2. The highest BCUT2D eigenvalue weighted by atomic mass is 32.1. The first kappa shape index (κ1) is 15.5. The molecule has 5 nitrogen and oxygen atoms in total.